The molecule has 0 radical (unpaired) electrons. The average molecular weight is 1030 g/mol. The van der Waals surface area contributed by atoms with Crippen LogP contribution in [0, 0.1) is 29.1 Å². The van der Waals surface area contributed by atoms with Crippen LogP contribution in [0.1, 0.15) is 193 Å². The first-order valence-electron chi connectivity index (χ1n) is 22.0. The third-order valence-electron chi connectivity index (χ3n) is 10.7. The number of ether oxygens (including phenoxy) is 6. The summed E-state index contributed by atoms with van der Waals surface area (Å²) in [6.07, 6.45) is 3.46. The lowest BCUT2D eigenvalue weighted by Crippen LogP contribution is -2.36. The van der Waals surface area contributed by atoms with Crippen LogP contribution in [0.3, 0.4) is 0 Å². The predicted octanol–water partition coefficient (Wildman–Crippen LogP) is 11.3. The molecule has 0 heterocycles. The number of aliphatic carboxylic acids is 1. The molecule has 414 valence electrons. The van der Waals surface area contributed by atoms with Gasteiger partial charge in [-0.15, -0.1) is 0 Å². The Morgan fingerprint density at radius 2 is 0.917 bits per heavy atom. The smallest absolute Gasteiger partial charge is 0.339 e. The van der Waals surface area contributed by atoms with Gasteiger partial charge in [0.2, 0.25) is 0 Å². The van der Waals surface area contributed by atoms with Crippen molar-refractivity contribution in [1.29, 1.82) is 0 Å². The molecule has 0 aromatic heterocycles. The van der Waals surface area contributed by atoms with E-state index in [4.69, 9.17) is 38.6 Å². The molecule has 1 fully saturated rings. The highest BCUT2D eigenvalue weighted by Crippen LogP contribution is 2.31. The van der Waals surface area contributed by atoms with Crippen LogP contribution >= 0.6 is 0 Å². The molecule has 0 aliphatic heterocycles. The first-order valence-corrected chi connectivity index (χ1v) is 22.0. The van der Waals surface area contributed by atoms with Crippen LogP contribution in [0.5, 0.6) is 0 Å². The quantitative estimate of drug-likeness (QED) is 0.0595. The lowest BCUT2D eigenvalue weighted by Gasteiger charge is -2.27. The van der Waals surface area contributed by atoms with Gasteiger partial charge in [-0.2, -0.15) is 0 Å². The average Bonchev–Trinajstić information content (AvgIpc) is 3.30. The van der Waals surface area contributed by atoms with E-state index in [0.29, 0.717) is 32.1 Å². The molecule has 2 aromatic rings. The molecule has 6 unspecified atom stereocenters. The highest BCUT2D eigenvalue weighted by molar-refractivity contribution is 6.03. The SMILES string of the molecule is C.C.C.C.C.C.CCC(C)(C)C(=O)OCCOC(=O)c1ccccc1C(=O)O.CCC(C)C(=O)OCC(C)OC(=O)C1CCCCC1C(=O)O.CCC(C)C(=O)OCC(C)OC(=O)c1ccccc1C(=O)O. The van der Waals surface area contributed by atoms with Gasteiger partial charge in [0.25, 0.3) is 0 Å². The maximum Gasteiger partial charge on any atom is 0.339 e. The molecule has 1 aliphatic rings. The van der Waals surface area contributed by atoms with Crippen molar-refractivity contribution < 1.29 is 86.9 Å². The van der Waals surface area contributed by atoms with Crippen LogP contribution in [0.25, 0.3) is 0 Å². The van der Waals surface area contributed by atoms with Crippen molar-refractivity contribution in [2.24, 2.45) is 29.1 Å². The lowest BCUT2D eigenvalue weighted by molar-refractivity contribution is -0.168. The molecule has 0 amide bonds. The number of carbonyl (C=O) groups is 9. The highest BCUT2D eigenvalue weighted by atomic mass is 16.6. The second-order valence-corrected chi connectivity index (χ2v) is 16.4. The van der Waals surface area contributed by atoms with Gasteiger partial charge in [-0.3, -0.25) is 24.0 Å². The van der Waals surface area contributed by atoms with Gasteiger partial charge in [-0.05, 0) is 84.1 Å². The normalized spacial score (nSPS) is 14.7. The van der Waals surface area contributed by atoms with Crippen molar-refractivity contribution in [3.63, 3.8) is 0 Å². The fourth-order valence-corrected chi connectivity index (χ4v) is 5.71. The van der Waals surface area contributed by atoms with Crippen molar-refractivity contribution >= 4 is 53.7 Å². The van der Waals surface area contributed by atoms with Crippen LogP contribution < -0.4 is 0 Å². The predicted molar refractivity (Wildman–Crippen MR) is 277 cm³/mol. The summed E-state index contributed by atoms with van der Waals surface area (Å²) in [6, 6.07) is 11.5. The van der Waals surface area contributed by atoms with Gasteiger partial charge in [0.1, 0.15) is 38.6 Å². The third-order valence-corrected chi connectivity index (χ3v) is 10.7. The van der Waals surface area contributed by atoms with E-state index in [1.165, 1.54) is 36.4 Å². The number of aromatic carboxylic acids is 2. The second-order valence-electron chi connectivity index (χ2n) is 16.4. The van der Waals surface area contributed by atoms with E-state index < -0.39 is 65.3 Å². The molecule has 6 atom stereocenters. The fourth-order valence-electron chi connectivity index (χ4n) is 5.71. The van der Waals surface area contributed by atoms with Crippen molar-refractivity contribution in [2.75, 3.05) is 26.4 Å². The number of carbonyl (C=O) groups excluding carboxylic acids is 6. The summed E-state index contributed by atoms with van der Waals surface area (Å²) in [5, 5.41) is 27.2. The molecule has 2 aromatic carbocycles. The lowest BCUT2D eigenvalue weighted by atomic mass is 9.79. The summed E-state index contributed by atoms with van der Waals surface area (Å²) in [5.41, 5.74) is -0.905. The fraction of sp³-hybridized carbons (Fsp3) is 0.611. The highest BCUT2D eigenvalue weighted by Gasteiger charge is 2.37. The van der Waals surface area contributed by atoms with Gasteiger partial charge in [0.15, 0.2) is 0 Å². The molecule has 18 heteroatoms. The molecule has 3 rings (SSSR count). The number of rotatable bonds is 21. The van der Waals surface area contributed by atoms with Gasteiger partial charge in [0, 0.05) is 0 Å². The Balaban J connectivity index is -0.000000218. The molecule has 1 aliphatic carbocycles. The van der Waals surface area contributed by atoms with Gasteiger partial charge >= 0.3 is 53.7 Å². The number of hydrogen-bond acceptors (Lipinski definition) is 15. The van der Waals surface area contributed by atoms with E-state index in [0.717, 1.165) is 12.8 Å². The molecule has 0 bridgehead atoms. The topological polar surface area (TPSA) is 270 Å². The van der Waals surface area contributed by atoms with E-state index in [2.05, 4.69) is 0 Å². The summed E-state index contributed by atoms with van der Waals surface area (Å²) < 4.78 is 30.5. The summed E-state index contributed by atoms with van der Waals surface area (Å²) >= 11 is 0. The van der Waals surface area contributed by atoms with E-state index in [9.17, 15) is 48.3 Å². The third kappa shape index (κ3) is 26.8. The van der Waals surface area contributed by atoms with Gasteiger partial charge in [-0.1, -0.05) is 116 Å². The monoisotopic (exact) mass is 1030 g/mol. The number of esters is 6. The largest absolute Gasteiger partial charge is 0.481 e. The minimum absolute atomic E-state index is 0. The van der Waals surface area contributed by atoms with E-state index in [-0.39, 0.29) is 123 Å². The van der Waals surface area contributed by atoms with E-state index in [1.54, 1.807) is 53.7 Å². The van der Waals surface area contributed by atoms with Crippen molar-refractivity contribution in [1.82, 2.24) is 0 Å². The first-order chi connectivity index (χ1) is 31.0. The van der Waals surface area contributed by atoms with Crippen LogP contribution in [0.2, 0.25) is 0 Å². The van der Waals surface area contributed by atoms with E-state index >= 15 is 0 Å². The van der Waals surface area contributed by atoms with Gasteiger partial charge < -0.3 is 43.7 Å². The molecule has 0 spiro atoms. The summed E-state index contributed by atoms with van der Waals surface area (Å²) in [6.45, 7) is 15.7. The molecular weight excluding hydrogens is 937 g/mol. The summed E-state index contributed by atoms with van der Waals surface area (Å²) in [5.74, 6) is -8.07. The minimum Gasteiger partial charge on any atom is -0.481 e. The molecular formula is C54H90O18. The zero-order valence-corrected chi connectivity index (χ0v) is 39.3. The zero-order valence-electron chi connectivity index (χ0n) is 39.3. The summed E-state index contributed by atoms with van der Waals surface area (Å²) in [7, 11) is 0. The molecule has 0 saturated heterocycles. The van der Waals surface area contributed by atoms with E-state index in [1.807, 2.05) is 20.8 Å². The summed E-state index contributed by atoms with van der Waals surface area (Å²) in [4.78, 5) is 104. The number of carboxylic acid groups (broad SMARTS) is 3. The van der Waals surface area contributed by atoms with Gasteiger partial charge in [-0.25, -0.2) is 19.2 Å². The number of hydrogen-bond donors (Lipinski definition) is 3. The maximum absolute atomic E-state index is 12.1. The number of carboxylic acids is 3. The zero-order chi connectivity index (χ0) is 50.1. The van der Waals surface area contributed by atoms with Crippen molar-refractivity contribution in [3.05, 3.63) is 70.8 Å². The Labute approximate surface area is 429 Å². The Morgan fingerprint density at radius 3 is 1.31 bits per heavy atom. The minimum atomic E-state index is -1.21. The van der Waals surface area contributed by atoms with Crippen molar-refractivity contribution in [2.45, 2.75) is 164 Å². The standard InChI is InChI=1S/C16H20O6.C16H26O6.C16H20O6.6CH4/c1-4-16(2,3)15(20)22-10-9-21-14(19)12-8-6-5-7-11(12)13(17)18;2*1-4-10(2)15(19)21-9-11(3)22-16(20)13-8-6-5-7-12(13)14(17)18;;;;;;/h5-8H,4,9-10H2,1-3H3,(H,17,18);10-13H,4-9H2,1-3H3,(H,17,18);5-8,10-11H,4,9H2,1-3H3,(H,17,18);6*1H4. The molecule has 18 nitrogen and oxygen atoms in total. The number of benzene rings is 2. The molecule has 1 saturated carbocycles. The Kier molecular flexibility index (Phi) is 42.1. The molecule has 3 N–H and O–H groups in total. The van der Waals surface area contributed by atoms with Crippen LogP contribution in [0.4, 0.5) is 0 Å². The van der Waals surface area contributed by atoms with Crippen LogP contribution in [0.15, 0.2) is 48.5 Å². The Hall–Kier alpha value is -6.33. The van der Waals surface area contributed by atoms with Crippen molar-refractivity contribution in [3.8, 4) is 0 Å². The second kappa shape index (κ2) is 39.3. The van der Waals surface area contributed by atoms with Crippen LogP contribution in [-0.2, 0) is 52.4 Å². The first kappa shape index (κ1) is 77.1. The Bertz CT molecular complexity index is 1960. The van der Waals surface area contributed by atoms with Crippen LogP contribution in [-0.4, -0.2) is 108 Å². The van der Waals surface area contributed by atoms with Gasteiger partial charge in [0.05, 0.1) is 51.3 Å². The molecule has 72 heavy (non-hydrogen) atoms. The Morgan fingerprint density at radius 1 is 0.542 bits per heavy atom. The maximum atomic E-state index is 12.1.